The molecule has 0 amide bonds. The maximum Gasteiger partial charge on any atom is 0.164 e. The molecule has 0 aromatic carbocycles. The topological polar surface area (TPSA) is 9.23 Å². The van der Waals surface area contributed by atoms with E-state index in [-0.39, 0.29) is 9.76 Å². The second-order valence-electron chi connectivity index (χ2n) is 4.58. The van der Waals surface area contributed by atoms with Gasteiger partial charge in [-0.15, -0.1) is 0 Å². The van der Waals surface area contributed by atoms with Crippen molar-refractivity contribution < 1.29 is 4.43 Å². The van der Waals surface area contributed by atoms with Crippen molar-refractivity contribution in [1.82, 2.24) is 0 Å². The molecule has 0 bridgehead atoms. The van der Waals surface area contributed by atoms with E-state index < -0.39 is 0 Å². The summed E-state index contributed by atoms with van der Waals surface area (Å²) in [4.78, 5) is 0. The SMILES string of the molecule is CCCCO[SiH2]C(CCCC)CCCC. The molecule has 0 aliphatic heterocycles. The van der Waals surface area contributed by atoms with Crippen molar-refractivity contribution in [2.75, 3.05) is 6.61 Å². The minimum absolute atomic E-state index is 0.236. The molecular weight excluding hydrogens is 200 g/mol. The minimum atomic E-state index is -0.236. The van der Waals surface area contributed by atoms with Crippen LogP contribution in [-0.2, 0) is 4.43 Å². The van der Waals surface area contributed by atoms with E-state index in [0.29, 0.717) is 0 Å². The summed E-state index contributed by atoms with van der Waals surface area (Å²) >= 11 is 0. The predicted octanol–water partition coefficient (Wildman–Crippen LogP) is 4.06. The molecule has 92 valence electrons. The Bertz CT molecular complexity index is 109. The number of hydrogen-bond acceptors (Lipinski definition) is 1. The van der Waals surface area contributed by atoms with E-state index in [1.807, 2.05) is 0 Å². The van der Waals surface area contributed by atoms with Crippen LogP contribution in [0.15, 0.2) is 0 Å². The summed E-state index contributed by atoms with van der Waals surface area (Å²) in [6.45, 7) is 7.83. The van der Waals surface area contributed by atoms with Crippen LogP contribution in [0.1, 0.15) is 72.1 Å². The quantitative estimate of drug-likeness (QED) is 0.384. The molecule has 0 radical (unpaired) electrons. The van der Waals surface area contributed by atoms with E-state index in [9.17, 15) is 0 Å². The lowest BCUT2D eigenvalue weighted by molar-refractivity contribution is 0.315. The highest BCUT2D eigenvalue weighted by Gasteiger charge is 2.08. The van der Waals surface area contributed by atoms with Crippen molar-refractivity contribution in [1.29, 1.82) is 0 Å². The van der Waals surface area contributed by atoms with E-state index in [4.69, 9.17) is 4.43 Å². The van der Waals surface area contributed by atoms with E-state index in [1.54, 1.807) is 0 Å². The van der Waals surface area contributed by atoms with Gasteiger partial charge in [-0.1, -0.05) is 65.7 Å². The normalized spacial score (nSPS) is 12.0. The first kappa shape index (κ1) is 15.2. The van der Waals surface area contributed by atoms with Crippen LogP contribution in [0.5, 0.6) is 0 Å². The second-order valence-corrected chi connectivity index (χ2v) is 6.48. The maximum absolute atomic E-state index is 5.87. The van der Waals surface area contributed by atoms with Crippen LogP contribution >= 0.6 is 0 Å². The van der Waals surface area contributed by atoms with Crippen LogP contribution in [0.25, 0.3) is 0 Å². The third-order valence-electron chi connectivity index (χ3n) is 2.93. The minimum Gasteiger partial charge on any atom is -0.424 e. The Morgan fingerprint density at radius 2 is 1.40 bits per heavy atom. The van der Waals surface area contributed by atoms with Crippen LogP contribution in [0.3, 0.4) is 0 Å². The Kier molecular flexibility index (Phi) is 12.4. The molecular formula is C13H30OSi. The highest BCUT2D eigenvalue weighted by Crippen LogP contribution is 2.21. The number of hydrogen-bond donors (Lipinski definition) is 0. The molecule has 15 heavy (non-hydrogen) atoms. The molecule has 0 heterocycles. The van der Waals surface area contributed by atoms with E-state index >= 15 is 0 Å². The Hall–Kier alpha value is 0.177. The van der Waals surface area contributed by atoms with Crippen molar-refractivity contribution in [2.45, 2.75) is 77.7 Å². The fourth-order valence-corrected chi connectivity index (χ4v) is 3.41. The Morgan fingerprint density at radius 3 is 1.87 bits per heavy atom. The van der Waals surface area contributed by atoms with Crippen LogP contribution < -0.4 is 0 Å². The van der Waals surface area contributed by atoms with E-state index in [2.05, 4.69) is 20.8 Å². The molecule has 0 aromatic rings. The second kappa shape index (κ2) is 12.2. The average molecular weight is 230 g/mol. The van der Waals surface area contributed by atoms with Gasteiger partial charge in [0.25, 0.3) is 0 Å². The smallest absolute Gasteiger partial charge is 0.164 e. The van der Waals surface area contributed by atoms with Gasteiger partial charge in [-0.2, -0.15) is 0 Å². The van der Waals surface area contributed by atoms with Gasteiger partial charge in [0.15, 0.2) is 9.76 Å². The highest BCUT2D eigenvalue weighted by molar-refractivity contribution is 6.29. The zero-order valence-electron chi connectivity index (χ0n) is 11.1. The van der Waals surface area contributed by atoms with Gasteiger partial charge in [0, 0.05) is 6.61 Å². The summed E-state index contributed by atoms with van der Waals surface area (Å²) in [7, 11) is -0.236. The zero-order chi connectivity index (χ0) is 11.4. The summed E-state index contributed by atoms with van der Waals surface area (Å²) in [6, 6.07) is 0. The first-order valence-corrected chi connectivity index (χ1v) is 8.32. The predicted molar refractivity (Wildman–Crippen MR) is 72.2 cm³/mol. The molecule has 0 saturated carbocycles. The van der Waals surface area contributed by atoms with Crippen LogP contribution in [0.2, 0.25) is 5.54 Å². The highest BCUT2D eigenvalue weighted by atomic mass is 28.2. The molecule has 0 N–H and O–H groups in total. The van der Waals surface area contributed by atoms with Crippen LogP contribution in [-0.4, -0.2) is 16.4 Å². The first-order chi connectivity index (χ1) is 7.35. The van der Waals surface area contributed by atoms with Gasteiger partial charge in [0.2, 0.25) is 0 Å². The fourth-order valence-electron chi connectivity index (χ4n) is 1.79. The molecule has 0 aromatic heterocycles. The van der Waals surface area contributed by atoms with Gasteiger partial charge in [-0.25, -0.2) is 0 Å². The Labute approximate surface area is 98.9 Å². The van der Waals surface area contributed by atoms with E-state index in [1.165, 1.54) is 51.4 Å². The lowest BCUT2D eigenvalue weighted by Crippen LogP contribution is -2.09. The molecule has 0 fully saturated rings. The van der Waals surface area contributed by atoms with Gasteiger partial charge >= 0.3 is 0 Å². The summed E-state index contributed by atoms with van der Waals surface area (Å²) in [5.41, 5.74) is 0.960. The zero-order valence-corrected chi connectivity index (χ0v) is 12.5. The average Bonchev–Trinajstić information content (AvgIpc) is 2.27. The molecule has 0 saturated heterocycles. The lowest BCUT2D eigenvalue weighted by Gasteiger charge is -2.15. The monoisotopic (exact) mass is 230 g/mol. The largest absolute Gasteiger partial charge is 0.424 e. The van der Waals surface area contributed by atoms with Gasteiger partial charge in [-0.3, -0.25) is 0 Å². The van der Waals surface area contributed by atoms with Crippen LogP contribution in [0, 0.1) is 0 Å². The van der Waals surface area contributed by atoms with Gasteiger partial charge < -0.3 is 4.43 Å². The van der Waals surface area contributed by atoms with Gasteiger partial charge in [-0.05, 0) is 12.0 Å². The van der Waals surface area contributed by atoms with Crippen molar-refractivity contribution in [3.05, 3.63) is 0 Å². The first-order valence-electron chi connectivity index (χ1n) is 6.92. The van der Waals surface area contributed by atoms with Gasteiger partial charge in [0.1, 0.15) is 0 Å². The van der Waals surface area contributed by atoms with Crippen LogP contribution in [0.4, 0.5) is 0 Å². The Balaban J connectivity index is 3.49. The molecule has 0 spiro atoms. The number of unbranched alkanes of at least 4 members (excludes halogenated alkanes) is 3. The van der Waals surface area contributed by atoms with Crippen molar-refractivity contribution in [3.63, 3.8) is 0 Å². The maximum atomic E-state index is 5.87. The standard InChI is InChI=1S/C13H30OSi/c1-4-7-10-13(11-8-5-2)15-14-12-9-6-3/h13H,4-12,15H2,1-3H3. The summed E-state index contributed by atoms with van der Waals surface area (Å²) in [6.07, 6.45) is 10.9. The molecule has 1 nitrogen and oxygen atoms in total. The summed E-state index contributed by atoms with van der Waals surface area (Å²) in [5.74, 6) is 0. The lowest BCUT2D eigenvalue weighted by atomic mass is 10.1. The molecule has 0 aliphatic rings. The van der Waals surface area contributed by atoms with E-state index in [0.717, 1.165) is 12.1 Å². The molecule has 0 rings (SSSR count). The molecule has 2 heteroatoms. The third kappa shape index (κ3) is 10.5. The summed E-state index contributed by atoms with van der Waals surface area (Å²) < 4.78 is 5.87. The molecule has 0 unspecified atom stereocenters. The van der Waals surface area contributed by atoms with Crippen molar-refractivity contribution in [3.8, 4) is 0 Å². The molecule has 0 atom stereocenters. The van der Waals surface area contributed by atoms with Crippen molar-refractivity contribution in [2.24, 2.45) is 0 Å². The number of rotatable bonds is 11. The van der Waals surface area contributed by atoms with Gasteiger partial charge in [0.05, 0.1) is 0 Å². The Morgan fingerprint density at radius 1 is 0.867 bits per heavy atom. The molecule has 0 aliphatic carbocycles. The fraction of sp³-hybridized carbons (Fsp3) is 1.00. The van der Waals surface area contributed by atoms with Crippen molar-refractivity contribution >= 4 is 9.76 Å². The summed E-state index contributed by atoms with van der Waals surface area (Å²) in [5, 5.41) is 0. The third-order valence-corrected chi connectivity index (χ3v) is 4.74.